The van der Waals surface area contributed by atoms with Crippen molar-refractivity contribution < 1.29 is 19.7 Å². The summed E-state index contributed by atoms with van der Waals surface area (Å²) in [6.07, 6.45) is -0.173. The summed E-state index contributed by atoms with van der Waals surface area (Å²) in [5.74, 6) is -1.37. The quantitative estimate of drug-likeness (QED) is 0.799. The second-order valence-electron chi connectivity index (χ2n) is 3.18. The van der Waals surface area contributed by atoms with E-state index in [1.165, 1.54) is 12.1 Å². The molecule has 0 aromatic heterocycles. The lowest BCUT2D eigenvalue weighted by Crippen LogP contribution is -2.03. The number of aromatic carboxylic acids is 1. The van der Waals surface area contributed by atoms with Gasteiger partial charge in [-0.1, -0.05) is 6.07 Å². The molecule has 0 aliphatic rings. The zero-order valence-electron chi connectivity index (χ0n) is 8.73. The summed E-state index contributed by atoms with van der Waals surface area (Å²) < 4.78 is 5.33. The molecule has 15 heavy (non-hydrogen) atoms. The molecule has 0 bridgehead atoms. The molecule has 1 aromatic rings. The molecule has 0 radical (unpaired) electrons. The molecule has 0 saturated carbocycles. The molecule has 0 fully saturated rings. The van der Waals surface area contributed by atoms with Crippen molar-refractivity contribution >= 4 is 5.97 Å². The van der Waals surface area contributed by atoms with E-state index in [1.54, 1.807) is 6.07 Å². The van der Waals surface area contributed by atoms with Crippen LogP contribution in [0.15, 0.2) is 18.2 Å². The smallest absolute Gasteiger partial charge is 0.339 e. The summed E-state index contributed by atoms with van der Waals surface area (Å²) in [5, 5.41) is 18.1. The Labute approximate surface area is 88.1 Å². The van der Waals surface area contributed by atoms with Crippen molar-refractivity contribution in [3.8, 4) is 5.75 Å². The van der Waals surface area contributed by atoms with Crippen LogP contribution in [0.3, 0.4) is 0 Å². The molecule has 1 aromatic carbocycles. The third-order valence-corrected chi connectivity index (χ3v) is 2.14. The van der Waals surface area contributed by atoms with Gasteiger partial charge in [0.05, 0.1) is 6.10 Å². The SMILES string of the molecule is CCOC(C)c1ccc(O)c(C(=O)O)c1. The number of carboxylic acid groups (broad SMARTS) is 1. The third-order valence-electron chi connectivity index (χ3n) is 2.14. The first-order valence-corrected chi connectivity index (χ1v) is 4.74. The lowest BCUT2D eigenvalue weighted by Gasteiger charge is -2.12. The van der Waals surface area contributed by atoms with Crippen LogP contribution >= 0.6 is 0 Å². The van der Waals surface area contributed by atoms with Crippen molar-refractivity contribution in [2.75, 3.05) is 6.61 Å². The summed E-state index contributed by atoms with van der Waals surface area (Å²) in [6.45, 7) is 4.26. The van der Waals surface area contributed by atoms with E-state index in [4.69, 9.17) is 9.84 Å². The standard InChI is InChI=1S/C11H14O4/c1-3-15-7(2)8-4-5-10(12)9(6-8)11(13)14/h4-7,12H,3H2,1-2H3,(H,13,14). The molecule has 0 spiro atoms. The van der Waals surface area contributed by atoms with E-state index in [0.717, 1.165) is 5.56 Å². The number of hydrogen-bond acceptors (Lipinski definition) is 3. The van der Waals surface area contributed by atoms with Crippen LogP contribution in [0, 0.1) is 0 Å². The van der Waals surface area contributed by atoms with Crippen LogP contribution in [0.4, 0.5) is 0 Å². The van der Waals surface area contributed by atoms with E-state index in [0.29, 0.717) is 6.61 Å². The van der Waals surface area contributed by atoms with Crippen molar-refractivity contribution in [3.63, 3.8) is 0 Å². The molecule has 1 atom stereocenters. The van der Waals surface area contributed by atoms with Gasteiger partial charge in [0.1, 0.15) is 11.3 Å². The average Bonchev–Trinajstić information content (AvgIpc) is 2.18. The molecule has 2 N–H and O–H groups in total. The number of benzene rings is 1. The molecule has 4 nitrogen and oxygen atoms in total. The second-order valence-corrected chi connectivity index (χ2v) is 3.18. The van der Waals surface area contributed by atoms with Crippen LogP contribution in [0.1, 0.15) is 35.9 Å². The van der Waals surface area contributed by atoms with Gasteiger partial charge in [-0.15, -0.1) is 0 Å². The maximum atomic E-state index is 10.8. The first-order chi connectivity index (χ1) is 7.06. The Morgan fingerprint density at radius 1 is 1.53 bits per heavy atom. The van der Waals surface area contributed by atoms with E-state index in [-0.39, 0.29) is 17.4 Å². The molecule has 1 unspecified atom stereocenters. The Morgan fingerprint density at radius 2 is 2.20 bits per heavy atom. The van der Waals surface area contributed by atoms with Crippen LogP contribution in [0.2, 0.25) is 0 Å². The highest BCUT2D eigenvalue weighted by atomic mass is 16.5. The molecule has 0 saturated heterocycles. The fourth-order valence-electron chi connectivity index (χ4n) is 1.32. The average molecular weight is 210 g/mol. The fourth-order valence-corrected chi connectivity index (χ4v) is 1.32. The van der Waals surface area contributed by atoms with E-state index >= 15 is 0 Å². The Morgan fingerprint density at radius 3 is 2.73 bits per heavy atom. The second kappa shape index (κ2) is 4.79. The molecule has 0 aliphatic carbocycles. The third kappa shape index (κ3) is 2.70. The minimum atomic E-state index is -1.14. The van der Waals surface area contributed by atoms with Gasteiger partial charge in [-0.2, -0.15) is 0 Å². The number of carboxylic acids is 1. The lowest BCUT2D eigenvalue weighted by atomic mass is 10.1. The van der Waals surface area contributed by atoms with Gasteiger partial charge in [-0.25, -0.2) is 4.79 Å². The zero-order chi connectivity index (χ0) is 11.4. The van der Waals surface area contributed by atoms with Gasteiger partial charge >= 0.3 is 5.97 Å². The largest absolute Gasteiger partial charge is 0.507 e. The first-order valence-electron chi connectivity index (χ1n) is 4.74. The van der Waals surface area contributed by atoms with Gasteiger partial charge in [0.25, 0.3) is 0 Å². The highest BCUT2D eigenvalue weighted by Gasteiger charge is 2.13. The van der Waals surface area contributed by atoms with Crippen LogP contribution < -0.4 is 0 Å². The van der Waals surface area contributed by atoms with Crippen LogP contribution in [-0.2, 0) is 4.74 Å². The van der Waals surface area contributed by atoms with Crippen molar-refractivity contribution in [1.82, 2.24) is 0 Å². The number of hydrogen-bond donors (Lipinski definition) is 2. The summed E-state index contributed by atoms with van der Waals surface area (Å²) in [4.78, 5) is 10.8. The number of rotatable bonds is 4. The number of aromatic hydroxyl groups is 1. The van der Waals surface area contributed by atoms with Gasteiger partial charge < -0.3 is 14.9 Å². The van der Waals surface area contributed by atoms with Crippen LogP contribution in [0.25, 0.3) is 0 Å². The summed E-state index contributed by atoms with van der Waals surface area (Å²) >= 11 is 0. The molecule has 0 heterocycles. The normalized spacial score (nSPS) is 12.4. The van der Waals surface area contributed by atoms with Crippen molar-refractivity contribution in [2.24, 2.45) is 0 Å². The van der Waals surface area contributed by atoms with E-state index in [9.17, 15) is 9.90 Å². The van der Waals surface area contributed by atoms with Crippen molar-refractivity contribution in [3.05, 3.63) is 29.3 Å². The minimum absolute atomic E-state index is 0.0981. The van der Waals surface area contributed by atoms with E-state index < -0.39 is 5.97 Å². The fraction of sp³-hybridized carbons (Fsp3) is 0.364. The van der Waals surface area contributed by atoms with Gasteiger partial charge in [0.2, 0.25) is 0 Å². The van der Waals surface area contributed by atoms with Crippen molar-refractivity contribution in [1.29, 1.82) is 0 Å². The maximum absolute atomic E-state index is 10.8. The van der Waals surface area contributed by atoms with Crippen LogP contribution in [-0.4, -0.2) is 22.8 Å². The van der Waals surface area contributed by atoms with Crippen molar-refractivity contribution in [2.45, 2.75) is 20.0 Å². The van der Waals surface area contributed by atoms with Gasteiger partial charge in [-0.05, 0) is 31.5 Å². The van der Waals surface area contributed by atoms with Gasteiger partial charge in [0, 0.05) is 6.61 Å². The summed E-state index contributed by atoms with van der Waals surface area (Å²) in [7, 11) is 0. The highest BCUT2D eigenvalue weighted by molar-refractivity contribution is 5.90. The maximum Gasteiger partial charge on any atom is 0.339 e. The monoisotopic (exact) mass is 210 g/mol. The Kier molecular flexibility index (Phi) is 3.68. The molecule has 82 valence electrons. The predicted molar refractivity (Wildman–Crippen MR) is 55.1 cm³/mol. The van der Waals surface area contributed by atoms with E-state index in [2.05, 4.69) is 0 Å². The molecule has 1 rings (SSSR count). The highest BCUT2D eigenvalue weighted by Crippen LogP contribution is 2.24. The predicted octanol–water partition coefficient (Wildman–Crippen LogP) is 2.19. The van der Waals surface area contributed by atoms with Crippen LogP contribution in [0.5, 0.6) is 5.75 Å². The summed E-state index contributed by atoms with van der Waals surface area (Å²) in [5.41, 5.74) is 0.645. The van der Waals surface area contributed by atoms with Gasteiger partial charge in [-0.3, -0.25) is 0 Å². The molecular formula is C11H14O4. The Balaban J connectivity index is 3.02. The topological polar surface area (TPSA) is 66.8 Å². The first kappa shape index (κ1) is 11.5. The Hall–Kier alpha value is -1.55. The lowest BCUT2D eigenvalue weighted by molar-refractivity contribution is 0.0689. The number of ether oxygens (including phenoxy) is 1. The molecule has 0 amide bonds. The van der Waals surface area contributed by atoms with Gasteiger partial charge in [0.15, 0.2) is 0 Å². The summed E-state index contributed by atoms with van der Waals surface area (Å²) in [6, 6.07) is 4.45. The van der Waals surface area contributed by atoms with E-state index in [1.807, 2.05) is 13.8 Å². The molecular weight excluding hydrogens is 196 g/mol. The zero-order valence-corrected chi connectivity index (χ0v) is 8.73. The number of phenols is 1. The molecule has 0 aliphatic heterocycles. The number of carbonyl (C=O) groups is 1. The Bertz CT molecular complexity index is 360. The molecule has 4 heteroatoms. The minimum Gasteiger partial charge on any atom is -0.507 e.